The fourth-order valence-corrected chi connectivity index (χ4v) is 2.70. The summed E-state index contributed by atoms with van der Waals surface area (Å²) in [6.45, 7) is 0. The van der Waals surface area contributed by atoms with Crippen molar-refractivity contribution in [3.63, 3.8) is 0 Å². The summed E-state index contributed by atoms with van der Waals surface area (Å²) in [6.07, 6.45) is 3.38. The van der Waals surface area contributed by atoms with Gasteiger partial charge in [-0.15, -0.1) is 0 Å². The highest BCUT2D eigenvalue weighted by molar-refractivity contribution is 6.30. The number of pyridine rings is 1. The van der Waals surface area contributed by atoms with Gasteiger partial charge in [-0.25, -0.2) is 9.38 Å². The molecule has 0 fully saturated rings. The molecule has 0 saturated heterocycles. The third kappa shape index (κ3) is 3.14. The molecule has 0 radical (unpaired) electrons. The Morgan fingerprint density at radius 1 is 0.960 bits per heavy atom. The lowest BCUT2D eigenvalue weighted by molar-refractivity contribution is 0.627. The molecule has 2 aromatic carbocycles. The number of amidine groups is 1. The molecule has 0 unspecified atom stereocenters. The highest BCUT2D eigenvalue weighted by Gasteiger charge is 2.18. The molecule has 0 bridgehead atoms. The molecule has 1 aliphatic heterocycles. The van der Waals surface area contributed by atoms with Gasteiger partial charge in [0.2, 0.25) is 0 Å². The number of benzene rings is 2. The first kappa shape index (κ1) is 15.5. The lowest BCUT2D eigenvalue weighted by atomic mass is 10.0. The maximum Gasteiger partial charge on any atom is 0.155 e. The Bertz CT molecular complexity index is 982. The van der Waals surface area contributed by atoms with Crippen molar-refractivity contribution in [2.24, 2.45) is 10.1 Å². The molecule has 0 atom stereocenters. The van der Waals surface area contributed by atoms with E-state index in [1.807, 2.05) is 24.3 Å². The van der Waals surface area contributed by atoms with E-state index < -0.39 is 0 Å². The van der Waals surface area contributed by atoms with E-state index in [0.29, 0.717) is 27.8 Å². The predicted molar refractivity (Wildman–Crippen MR) is 97.1 cm³/mol. The van der Waals surface area contributed by atoms with Crippen LogP contribution < -0.4 is 5.43 Å². The summed E-state index contributed by atoms with van der Waals surface area (Å²) >= 11 is 5.97. The lowest BCUT2D eigenvalue weighted by Crippen LogP contribution is -2.19. The van der Waals surface area contributed by atoms with Crippen LogP contribution >= 0.6 is 11.6 Å². The lowest BCUT2D eigenvalue weighted by Gasteiger charge is -2.08. The number of aliphatic imine (C=N–C) groups is 1. The average molecular weight is 351 g/mol. The fourth-order valence-electron chi connectivity index (χ4n) is 2.57. The van der Waals surface area contributed by atoms with Gasteiger partial charge < -0.3 is 0 Å². The molecule has 4 nitrogen and oxygen atoms in total. The number of nitrogens with one attached hydrogen (secondary N) is 1. The number of fused-ring (bicyclic) bond motifs is 1. The van der Waals surface area contributed by atoms with Gasteiger partial charge in [-0.3, -0.25) is 10.4 Å². The van der Waals surface area contributed by atoms with Crippen molar-refractivity contribution in [3.05, 3.63) is 94.5 Å². The van der Waals surface area contributed by atoms with Crippen molar-refractivity contribution < 1.29 is 4.39 Å². The zero-order chi connectivity index (χ0) is 17.2. The number of rotatable bonds is 2. The molecule has 6 heteroatoms. The molecule has 1 aromatic heterocycles. The number of hydrogen-bond donors (Lipinski definition) is 1. The van der Waals surface area contributed by atoms with Crippen LogP contribution in [0.25, 0.3) is 0 Å². The van der Waals surface area contributed by atoms with Crippen LogP contribution in [0.4, 0.5) is 10.1 Å². The van der Waals surface area contributed by atoms with E-state index in [1.54, 1.807) is 30.6 Å². The van der Waals surface area contributed by atoms with Gasteiger partial charge in [0.25, 0.3) is 0 Å². The second-order valence-electron chi connectivity index (χ2n) is 5.44. The van der Waals surface area contributed by atoms with Crippen molar-refractivity contribution in [1.29, 1.82) is 0 Å². The Balaban J connectivity index is 1.87. The Morgan fingerprint density at radius 2 is 1.80 bits per heavy atom. The SMILES string of the molecule is Fc1ccc2c(c1)C(c1ccc(Cl)cc1)=NNC(c1cccnc1)=N2. The molecule has 0 aliphatic carbocycles. The van der Waals surface area contributed by atoms with Crippen LogP contribution in [0.3, 0.4) is 0 Å². The molecule has 0 saturated carbocycles. The van der Waals surface area contributed by atoms with Gasteiger partial charge in [0.05, 0.1) is 5.69 Å². The smallest absolute Gasteiger partial charge is 0.155 e. The van der Waals surface area contributed by atoms with Crippen LogP contribution in [0.5, 0.6) is 0 Å². The number of hydrazone groups is 1. The zero-order valence-corrected chi connectivity index (χ0v) is 13.7. The van der Waals surface area contributed by atoms with Crippen LogP contribution in [-0.4, -0.2) is 16.5 Å². The molecule has 122 valence electrons. The van der Waals surface area contributed by atoms with Gasteiger partial charge in [0.1, 0.15) is 11.5 Å². The molecule has 3 aromatic rings. The summed E-state index contributed by atoms with van der Waals surface area (Å²) in [5, 5.41) is 5.08. The third-order valence-electron chi connectivity index (χ3n) is 3.77. The van der Waals surface area contributed by atoms with Gasteiger partial charge in [0.15, 0.2) is 5.84 Å². The van der Waals surface area contributed by atoms with E-state index in [9.17, 15) is 4.39 Å². The van der Waals surface area contributed by atoms with Gasteiger partial charge in [-0.1, -0.05) is 23.7 Å². The Labute approximate surface area is 148 Å². The van der Waals surface area contributed by atoms with Crippen molar-refractivity contribution in [1.82, 2.24) is 10.4 Å². The zero-order valence-electron chi connectivity index (χ0n) is 12.9. The van der Waals surface area contributed by atoms with Crippen molar-refractivity contribution in [2.75, 3.05) is 0 Å². The van der Waals surface area contributed by atoms with Crippen LogP contribution in [0.1, 0.15) is 16.7 Å². The number of nitrogens with zero attached hydrogens (tertiary/aromatic N) is 3. The van der Waals surface area contributed by atoms with Gasteiger partial charge in [-0.05, 0) is 42.5 Å². The largest absolute Gasteiger partial charge is 0.264 e. The van der Waals surface area contributed by atoms with E-state index in [0.717, 1.165) is 11.1 Å². The maximum atomic E-state index is 13.8. The number of aromatic nitrogens is 1. The first-order chi connectivity index (χ1) is 12.2. The van der Waals surface area contributed by atoms with Crippen LogP contribution in [0.2, 0.25) is 5.02 Å². The summed E-state index contributed by atoms with van der Waals surface area (Å²) in [5.74, 6) is 0.199. The Kier molecular flexibility index (Phi) is 3.99. The van der Waals surface area contributed by atoms with Gasteiger partial charge in [0, 0.05) is 34.1 Å². The van der Waals surface area contributed by atoms with E-state index in [-0.39, 0.29) is 5.82 Å². The molecule has 4 rings (SSSR count). The second kappa shape index (κ2) is 6.45. The quantitative estimate of drug-likeness (QED) is 0.748. The summed E-state index contributed by atoms with van der Waals surface area (Å²) < 4.78 is 13.8. The molecule has 1 aliphatic rings. The van der Waals surface area contributed by atoms with Crippen molar-refractivity contribution in [2.45, 2.75) is 0 Å². The maximum absolute atomic E-state index is 13.8. The minimum Gasteiger partial charge on any atom is -0.264 e. The molecule has 25 heavy (non-hydrogen) atoms. The van der Waals surface area contributed by atoms with Crippen molar-refractivity contribution >= 4 is 28.8 Å². The normalized spacial score (nSPS) is 13.2. The van der Waals surface area contributed by atoms with E-state index in [2.05, 4.69) is 20.5 Å². The molecular weight excluding hydrogens is 339 g/mol. The van der Waals surface area contributed by atoms with Crippen LogP contribution in [0.15, 0.2) is 77.1 Å². The highest BCUT2D eigenvalue weighted by atomic mass is 35.5. The molecule has 2 heterocycles. The predicted octanol–water partition coefficient (Wildman–Crippen LogP) is 4.31. The summed E-state index contributed by atoms with van der Waals surface area (Å²) in [4.78, 5) is 8.71. The number of hydrogen-bond acceptors (Lipinski definition) is 4. The minimum absolute atomic E-state index is 0.347. The molecule has 0 amide bonds. The van der Waals surface area contributed by atoms with Crippen LogP contribution in [-0.2, 0) is 0 Å². The highest BCUT2D eigenvalue weighted by Crippen LogP contribution is 2.27. The Hall–Kier alpha value is -3.05. The van der Waals surface area contributed by atoms with E-state index in [1.165, 1.54) is 12.1 Å². The first-order valence-electron chi connectivity index (χ1n) is 7.59. The third-order valence-corrected chi connectivity index (χ3v) is 4.02. The van der Waals surface area contributed by atoms with Gasteiger partial charge in [-0.2, -0.15) is 5.10 Å². The summed E-state index contributed by atoms with van der Waals surface area (Å²) in [5.41, 5.74) is 6.39. The first-order valence-corrected chi connectivity index (χ1v) is 7.97. The van der Waals surface area contributed by atoms with Gasteiger partial charge >= 0.3 is 0 Å². The topological polar surface area (TPSA) is 49.6 Å². The monoisotopic (exact) mass is 350 g/mol. The standard InChI is InChI=1S/C19H12ClFN4/c20-14-5-3-12(4-6-14)18-16-10-15(21)7-8-17(16)23-19(25-24-18)13-2-1-9-22-11-13/h1-11H,(H,23,25). The molecule has 0 spiro atoms. The molecular formula is C19H12ClFN4. The summed E-state index contributed by atoms with van der Waals surface area (Å²) in [7, 11) is 0. The Morgan fingerprint density at radius 3 is 2.56 bits per heavy atom. The van der Waals surface area contributed by atoms with Crippen molar-refractivity contribution in [3.8, 4) is 0 Å². The van der Waals surface area contributed by atoms with Crippen LogP contribution in [0, 0.1) is 5.82 Å². The van der Waals surface area contributed by atoms with E-state index in [4.69, 9.17) is 11.6 Å². The fraction of sp³-hybridized carbons (Fsp3) is 0. The second-order valence-corrected chi connectivity index (χ2v) is 5.88. The summed E-state index contributed by atoms with van der Waals surface area (Å²) in [6, 6.07) is 15.4. The average Bonchev–Trinajstić information content (AvgIpc) is 2.83. The number of halogens is 2. The molecule has 1 N–H and O–H groups in total. The van der Waals surface area contributed by atoms with E-state index >= 15 is 0 Å². The minimum atomic E-state index is -0.347.